The van der Waals surface area contributed by atoms with Gasteiger partial charge in [0.25, 0.3) is 5.91 Å². The van der Waals surface area contributed by atoms with Crippen molar-refractivity contribution < 1.29 is 9.53 Å². The van der Waals surface area contributed by atoms with Crippen LogP contribution in [-0.2, 0) is 4.74 Å². The van der Waals surface area contributed by atoms with E-state index >= 15 is 0 Å². The number of ether oxygens (including phenoxy) is 1. The van der Waals surface area contributed by atoms with E-state index in [1.54, 1.807) is 0 Å². The van der Waals surface area contributed by atoms with Crippen molar-refractivity contribution in [3.63, 3.8) is 0 Å². The number of nitrogens with two attached hydrogens (primary N) is 1. The summed E-state index contributed by atoms with van der Waals surface area (Å²) in [7, 11) is 0. The van der Waals surface area contributed by atoms with Crippen molar-refractivity contribution in [3.8, 4) is 0 Å². The van der Waals surface area contributed by atoms with Gasteiger partial charge in [0.2, 0.25) is 0 Å². The lowest BCUT2D eigenvalue weighted by molar-refractivity contribution is 0.0866. The molecular formula is C12H14Cl2N2O2. The Morgan fingerprint density at radius 3 is 2.83 bits per heavy atom. The average Bonchev–Trinajstić information content (AvgIpc) is 2.69. The standard InChI is InChI=1S/C12H14Cl2N2O2/c1-6-10(2-3-18-6)16-12(17)8-4-7(15)5-9(13)11(8)14/h4-6,10H,2-3,15H2,1H3,(H,16,17). The predicted molar refractivity (Wildman–Crippen MR) is 72.2 cm³/mol. The molecule has 1 aliphatic heterocycles. The molecular weight excluding hydrogens is 275 g/mol. The lowest BCUT2D eigenvalue weighted by Gasteiger charge is -2.17. The molecule has 1 aromatic carbocycles. The largest absolute Gasteiger partial charge is 0.399 e. The molecule has 1 aliphatic rings. The third-order valence-corrected chi connectivity index (χ3v) is 3.79. The molecule has 2 atom stereocenters. The molecule has 0 aliphatic carbocycles. The molecule has 1 fully saturated rings. The number of amides is 1. The molecule has 6 heteroatoms. The van der Waals surface area contributed by atoms with Crippen molar-refractivity contribution in [2.45, 2.75) is 25.5 Å². The molecule has 98 valence electrons. The van der Waals surface area contributed by atoms with Crippen LogP contribution in [0.2, 0.25) is 10.0 Å². The zero-order valence-corrected chi connectivity index (χ0v) is 11.4. The van der Waals surface area contributed by atoms with Crippen molar-refractivity contribution in [2.75, 3.05) is 12.3 Å². The van der Waals surface area contributed by atoms with E-state index in [1.807, 2.05) is 6.92 Å². The minimum atomic E-state index is -0.281. The van der Waals surface area contributed by atoms with Crippen molar-refractivity contribution in [1.29, 1.82) is 0 Å². The minimum absolute atomic E-state index is 0.00394. The molecule has 0 radical (unpaired) electrons. The van der Waals surface area contributed by atoms with Crippen LogP contribution >= 0.6 is 23.2 Å². The number of nitrogens with one attached hydrogen (secondary N) is 1. The third kappa shape index (κ3) is 2.71. The summed E-state index contributed by atoms with van der Waals surface area (Å²) in [6.07, 6.45) is 0.796. The quantitative estimate of drug-likeness (QED) is 0.822. The van der Waals surface area contributed by atoms with Crippen LogP contribution in [0.25, 0.3) is 0 Å². The zero-order chi connectivity index (χ0) is 13.3. The van der Waals surface area contributed by atoms with Crippen molar-refractivity contribution in [3.05, 3.63) is 27.7 Å². The Morgan fingerprint density at radius 1 is 1.50 bits per heavy atom. The predicted octanol–water partition coefficient (Wildman–Crippen LogP) is 2.48. The number of hydrogen-bond donors (Lipinski definition) is 2. The number of anilines is 1. The molecule has 18 heavy (non-hydrogen) atoms. The number of rotatable bonds is 2. The normalized spacial score (nSPS) is 23.1. The van der Waals surface area contributed by atoms with Crippen LogP contribution in [0.4, 0.5) is 5.69 Å². The van der Waals surface area contributed by atoms with Crippen LogP contribution in [0.15, 0.2) is 12.1 Å². The maximum atomic E-state index is 12.1. The second-order valence-corrected chi connectivity index (χ2v) is 5.09. The number of hydrogen-bond acceptors (Lipinski definition) is 3. The van der Waals surface area contributed by atoms with Gasteiger partial charge < -0.3 is 15.8 Å². The Bertz CT molecular complexity index is 479. The smallest absolute Gasteiger partial charge is 0.253 e. The molecule has 2 rings (SSSR count). The molecule has 1 saturated heterocycles. The Kier molecular flexibility index (Phi) is 4.00. The van der Waals surface area contributed by atoms with E-state index in [-0.39, 0.29) is 28.1 Å². The topological polar surface area (TPSA) is 64.3 Å². The maximum Gasteiger partial charge on any atom is 0.253 e. The molecule has 1 amide bonds. The summed E-state index contributed by atoms with van der Waals surface area (Å²) in [4.78, 5) is 12.1. The van der Waals surface area contributed by atoms with E-state index in [0.717, 1.165) is 6.42 Å². The second-order valence-electron chi connectivity index (χ2n) is 4.31. The summed E-state index contributed by atoms with van der Waals surface area (Å²) in [5, 5.41) is 3.37. The van der Waals surface area contributed by atoms with Gasteiger partial charge in [0.05, 0.1) is 27.8 Å². The molecule has 2 unspecified atom stereocenters. The van der Waals surface area contributed by atoms with Crippen LogP contribution in [-0.4, -0.2) is 24.7 Å². The third-order valence-electron chi connectivity index (χ3n) is 2.99. The summed E-state index contributed by atoms with van der Waals surface area (Å²) in [5.74, 6) is -0.281. The number of benzene rings is 1. The average molecular weight is 289 g/mol. The summed E-state index contributed by atoms with van der Waals surface area (Å²) >= 11 is 11.9. The Morgan fingerprint density at radius 2 is 2.22 bits per heavy atom. The maximum absolute atomic E-state index is 12.1. The Hall–Kier alpha value is -0.970. The second kappa shape index (κ2) is 5.34. The fourth-order valence-electron chi connectivity index (χ4n) is 1.94. The first kappa shape index (κ1) is 13.5. The number of nitrogen functional groups attached to an aromatic ring is 1. The van der Waals surface area contributed by atoms with Crippen LogP contribution in [0.5, 0.6) is 0 Å². The molecule has 1 heterocycles. The zero-order valence-electron chi connectivity index (χ0n) is 9.87. The van der Waals surface area contributed by atoms with Gasteiger partial charge in [0.1, 0.15) is 0 Å². The highest BCUT2D eigenvalue weighted by Gasteiger charge is 2.27. The van der Waals surface area contributed by atoms with Crippen LogP contribution in [0.3, 0.4) is 0 Å². The van der Waals surface area contributed by atoms with Crippen LogP contribution in [0, 0.1) is 0 Å². The molecule has 1 aromatic rings. The number of halogens is 2. The van der Waals surface area contributed by atoms with E-state index in [4.69, 9.17) is 33.7 Å². The van der Waals surface area contributed by atoms with Gasteiger partial charge in [-0.2, -0.15) is 0 Å². The van der Waals surface area contributed by atoms with Gasteiger partial charge in [-0.05, 0) is 25.5 Å². The highest BCUT2D eigenvalue weighted by atomic mass is 35.5. The van der Waals surface area contributed by atoms with Gasteiger partial charge in [-0.25, -0.2) is 0 Å². The number of carbonyl (C=O) groups is 1. The number of carbonyl (C=O) groups excluding carboxylic acids is 1. The van der Waals surface area contributed by atoms with Gasteiger partial charge in [-0.3, -0.25) is 4.79 Å². The van der Waals surface area contributed by atoms with Crippen molar-refractivity contribution in [1.82, 2.24) is 5.32 Å². The van der Waals surface area contributed by atoms with Crippen molar-refractivity contribution in [2.24, 2.45) is 0 Å². The van der Waals surface area contributed by atoms with Crippen molar-refractivity contribution >= 4 is 34.8 Å². The summed E-state index contributed by atoms with van der Waals surface area (Å²) in [5.41, 5.74) is 6.35. The SMILES string of the molecule is CC1OCCC1NC(=O)c1cc(N)cc(Cl)c1Cl. The fourth-order valence-corrected chi connectivity index (χ4v) is 2.37. The molecule has 0 bridgehead atoms. The van der Waals surface area contributed by atoms with Gasteiger partial charge in [-0.1, -0.05) is 23.2 Å². The van der Waals surface area contributed by atoms with E-state index in [0.29, 0.717) is 17.9 Å². The lowest BCUT2D eigenvalue weighted by atomic mass is 10.1. The fraction of sp³-hybridized carbons (Fsp3) is 0.417. The van der Waals surface area contributed by atoms with E-state index in [1.165, 1.54) is 12.1 Å². The lowest BCUT2D eigenvalue weighted by Crippen LogP contribution is -2.39. The van der Waals surface area contributed by atoms with Gasteiger partial charge in [0.15, 0.2) is 0 Å². The first-order chi connectivity index (χ1) is 8.49. The first-order valence-corrected chi connectivity index (χ1v) is 6.41. The molecule has 0 aromatic heterocycles. The van der Waals surface area contributed by atoms with Gasteiger partial charge >= 0.3 is 0 Å². The van der Waals surface area contributed by atoms with Gasteiger partial charge in [0, 0.05) is 12.3 Å². The Balaban J connectivity index is 2.18. The van der Waals surface area contributed by atoms with E-state index < -0.39 is 0 Å². The van der Waals surface area contributed by atoms with Crippen LogP contribution < -0.4 is 11.1 Å². The first-order valence-electron chi connectivity index (χ1n) is 5.66. The Labute approximate surface area is 115 Å². The monoisotopic (exact) mass is 288 g/mol. The highest BCUT2D eigenvalue weighted by molar-refractivity contribution is 6.44. The van der Waals surface area contributed by atoms with E-state index in [9.17, 15) is 4.79 Å². The van der Waals surface area contributed by atoms with E-state index in [2.05, 4.69) is 5.32 Å². The van der Waals surface area contributed by atoms with Crippen LogP contribution in [0.1, 0.15) is 23.7 Å². The summed E-state index contributed by atoms with van der Waals surface area (Å²) in [6, 6.07) is 3.03. The summed E-state index contributed by atoms with van der Waals surface area (Å²) < 4.78 is 5.38. The highest BCUT2D eigenvalue weighted by Crippen LogP contribution is 2.29. The molecule has 3 N–H and O–H groups in total. The molecule has 0 saturated carbocycles. The van der Waals surface area contributed by atoms with Gasteiger partial charge in [-0.15, -0.1) is 0 Å². The molecule has 4 nitrogen and oxygen atoms in total. The summed E-state index contributed by atoms with van der Waals surface area (Å²) in [6.45, 7) is 2.57. The molecule has 0 spiro atoms. The minimum Gasteiger partial charge on any atom is -0.399 e.